The zero-order valence-electron chi connectivity index (χ0n) is 15.4. The lowest BCUT2D eigenvalue weighted by atomic mass is 10.1. The summed E-state index contributed by atoms with van der Waals surface area (Å²) in [6, 6.07) is -1.47. The molecule has 25 heavy (non-hydrogen) atoms. The molecule has 0 fully saturated rings. The van der Waals surface area contributed by atoms with E-state index in [1.807, 2.05) is 0 Å². The van der Waals surface area contributed by atoms with Crippen LogP contribution in [0.1, 0.15) is 34.6 Å². The van der Waals surface area contributed by atoms with Crippen LogP contribution in [0.4, 0.5) is 18.0 Å². The number of rotatable bonds is 6. The third-order valence-corrected chi connectivity index (χ3v) is 3.53. The lowest BCUT2D eigenvalue weighted by molar-refractivity contribution is -0.226. The molecule has 0 saturated carbocycles. The second-order valence-corrected chi connectivity index (χ2v) is 9.83. The van der Waals surface area contributed by atoms with Gasteiger partial charge in [-0.05, 0) is 44.1 Å². The Morgan fingerprint density at radius 2 is 1.60 bits per heavy atom. The number of amides is 1. The van der Waals surface area contributed by atoms with Crippen LogP contribution in [-0.4, -0.2) is 64.0 Å². The van der Waals surface area contributed by atoms with Gasteiger partial charge in [0.15, 0.2) is 11.9 Å². The minimum atomic E-state index is -4.62. The Morgan fingerprint density at radius 3 is 1.96 bits per heavy atom. The molecule has 6 nitrogen and oxygen atoms in total. The molecule has 0 aliphatic carbocycles. The number of ether oxygens (including phenoxy) is 2. The minimum absolute atomic E-state index is 0.790. The standard InChI is InChI=1S/C15H26F3NO5S/c1-9(23-10(2)15(16,17)18)12(11(20)8-25(6,7)22)19-13(21)24-14(3,4)5/h8-10,12H,1-7H3,(H,19,21)/t9-,10+,12+/m1/s1. The van der Waals surface area contributed by atoms with Gasteiger partial charge in [0.1, 0.15) is 11.6 Å². The fourth-order valence-electron chi connectivity index (χ4n) is 1.69. The van der Waals surface area contributed by atoms with Gasteiger partial charge in [0, 0.05) is 17.9 Å². The fourth-order valence-corrected chi connectivity index (χ4v) is 2.39. The highest BCUT2D eigenvalue weighted by molar-refractivity contribution is 8.01. The van der Waals surface area contributed by atoms with Gasteiger partial charge in [0.25, 0.3) is 0 Å². The molecule has 0 bridgehead atoms. The summed E-state index contributed by atoms with van der Waals surface area (Å²) >= 11 is 0. The highest BCUT2D eigenvalue weighted by Gasteiger charge is 2.40. The van der Waals surface area contributed by atoms with Crippen LogP contribution in [0.3, 0.4) is 0 Å². The van der Waals surface area contributed by atoms with E-state index in [9.17, 15) is 27.0 Å². The summed E-state index contributed by atoms with van der Waals surface area (Å²) in [5.41, 5.74) is -0.867. The normalized spacial score (nSPS) is 16.6. The van der Waals surface area contributed by atoms with Gasteiger partial charge in [-0.15, -0.1) is 0 Å². The van der Waals surface area contributed by atoms with E-state index in [1.54, 1.807) is 20.8 Å². The Hall–Kier alpha value is -1.29. The summed E-state index contributed by atoms with van der Waals surface area (Å²) in [4.78, 5) is 24.1. The highest BCUT2D eigenvalue weighted by Crippen LogP contribution is 2.24. The largest absolute Gasteiger partial charge is 0.444 e. The number of halogens is 3. The second kappa shape index (κ2) is 8.39. The molecule has 0 radical (unpaired) electrons. The van der Waals surface area contributed by atoms with Crippen molar-refractivity contribution in [1.29, 1.82) is 0 Å². The lowest BCUT2D eigenvalue weighted by Crippen LogP contribution is -2.52. The number of carbonyl (C=O) groups is 2. The number of hydrogen-bond donors (Lipinski definition) is 1. The number of nitrogens with one attached hydrogen (secondary N) is 1. The Kier molecular flexibility index (Phi) is 7.96. The first-order valence-electron chi connectivity index (χ1n) is 7.47. The van der Waals surface area contributed by atoms with E-state index in [-0.39, 0.29) is 0 Å². The topological polar surface area (TPSA) is 81.7 Å². The van der Waals surface area contributed by atoms with E-state index in [0.29, 0.717) is 0 Å². The van der Waals surface area contributed by atoms with Crippen molar-refractivity contribution in [3.8, 4) is 0 Å². The van der Waals surface area contributed by atoms with Gasteiger partial charge < -0.3 is 14.8 Å². The summed E-state index contributed by atoms with van der Waals surface area (Å²) in [6.07, 6.45) is -6.51. The molecule has 0 unspecified atom stereocenters. The molecule has 148 valence electrons. The van der Waals surface area contributed by atoms with E-state index < -0.39 is 51.4 Å². The molecule has 1 amide bonds. The molecule has 0 aromatic heterocycles. The predicted molar refractivity (Wildman–Crippen MR) is 90.3 cm³/mol. The van der Waals surface area contributed by atoms with Crippen LogP contribution < -0.4 is 5.32 Å². The Labute approximate surface area is 146 Å². The van der Waals surface area contributed by atoms with Gasteiger partial charge in [-0.2, -0.15) is 13.2 Å². The van der Waals surface area contributed by atoms with Gasteiger partial charge in [0.05, 0.1) is 6.10 Å². The van der Waals surface area contributed by atoms with E-state index in [2.05, 4.69) is 5.32 Å². The SMILES string of the molecule is C[C@H](O[C@H](C)[C@H](NC(=O)OC(C)(C)C)C(=O)C=S(C)(C)=O)C(F)(F)F. The molecule has 0 aromatic rings. The van der Waals surface area contributed by atoms with Crippen molar-refractivity contribution in [3.63, 3.8) is 0 Å². The van der Waals surface area contributed by atoms with Gasteiger partial charge >= 0.3 is 12.3 Å². The van der Waals surface area contributed by atoms with E-state index >= 15 is 0 Å². The molecule has 0 spiro atoms. The number of hydrogen-bond acceptors (Lipinski definition) is 5. The van der Waals surface area contributed by atoms with Crippen molar-refractivity contribution in [1.82, 2.24) is 5.32 Å². The molecule has 0 rings (SSSR count). The lowest BCUT2D eigenvalue weighted by Gasteiger charge is -2.28. The number of ketones is 1. The number of alkyl halides is 3. The first kappa shape index (κ1) is 23.7. The Balaban J connectivity index is 5.43. The van der Waals surface area contributed by atoms with E-state index in [1.165, 1.54) is 19.4 Å². The maximum atomic E-state index is 12.7. The minimum Gasteiger partial charge on any atom is -0.444 e. The van der Waals surface area contributed by atoms with Crippen LogP contribution in [-0.2, 0) is 23.8 Å². The Bertz CT molecular complexity index is 595. The summed E-state index contributed by atoms with van der Waals surface area (Å²) in [5, 5.41) is 3.06. The molecule has 0 heterocycles. The van der Waals surface area contributed by atoms with Crippen LogP contribution >= 0.6 is 0 Å². The number of Topliss-reactive ketones (excluding diaryl/α,β-unsaturated/α-hetero) is 1. The number of carbonyl (C=O) groups excluding carboxylic acids is 2. The summed E-state index contributed by atoms with van der Waals surface area (Å²) < 4.78 is 59.6. The molecular formula is C15H26F3NO5S. The molecule has 0 aliphatic heterocycles. The third kappa shape index (κ3) is 10.3. The van der Waals surface area contributed by atoms with Crippen molar-refractivity contribution in [3.05, 3.63) is 0 Å². The summed E-state index contributed by atoms with van der Waals surface area (Å²) in [7, 11) is -2.62. The van der Waals surface area contributed by atoms with Gasteiger partial charge in [0.2, 0.25) is 0 Å². The Morgan fingerprint density at radius 1 is 1.12 bits per heavy atom. The van der Waals surface area contributed by atoms with Gasteiger partial charge in [-0.3, -0.25) is 9.00 Å². The molecular weight excluding hydrogens is 363 g/mol. The molecule has 3 atom stereocenters. The summed E-state index contributed by atoms with van der Waals surface area (Å²) in [6.45, 7) is 6.77. The van der Waals surface area contributed by atoms with Crippen LogP contribution in [0.15, 0.2) is 0 Å². The van der Waals surface area contributed by atoms with Crippen molar-refractivity contribution >= 4 is 26.8 Å². The third-order valence-electron chi connectivity index (χ3n) is 2.73. The molecule has 0 saturated heterocycles. The smallest absolute Gasteiger partial charge is 0.414 e. The van der Waals surface area contributed by atoms with Crippen molar-refractivity contribution in [2.24, 2.45) is 0 Å². The molecule has 10 heteroatoms. The number of alkyl carbamates (subject to hydrolysis) is 1. The van der Waals surface area contributed by atoms with Gasteiger partial charge in [-0.25, -0.2) is 4.79 Å². The highest BCUT2D eigenvalue weighted by atomic mass is 32.2. The zero-order valence-corrected chi connectivity index (χ0v) is 16.2. The monoisotopic (exact) mass is 389 g/mol. The van der Waals surface area contributed by atoms with Crippen molar-refractivity contribution in [2.75, 3.05) is 12.5 Å². The van der Waals surface area contributed by atoms with Crippen LogP contribution in [0, 0.1) is 0 Å². The molecule has 0 aliphatic rings. The van der Waals surface area contributed by atoms with E-state index in [0.717, 1.165) is 12.3 Å². The predicted octanol–water partition coefficient (Wildman–Crippen LogP) is 2.15. The molecule has 0 aromatic carbocycles. The van der Waals surface area contributed by atoms with Crippen molar-refractivity contribution < 1.29 is 36.4 Å². The average molecular weight is 389 g/mol. The first-order chi connectivity index (χ1) is 10.9. The van der Waals surface area contributed by atoms with Crippen LogP contribution in [0.25, 0.3) is 0 Å². The summed E-state index contributed by atoms with van der Waals surface area (Å²) in [5.74, 6) is -0.817. The maximum Gasteiger partial charge on any atom is 0.414 e. The molecule has 1 N–H and O–H groups in total. The van der Waals surface area contributed by atoms with E-state index in [4.69, 9.17) is 9.47 Å². The average Bonchev–Trinajstić information content (AvgIpc) is 2.29. The van der Waals surface area contributed by atoms with Crippen LogP contribution in [0.5, 0.6) is 0 Å². The van der Waals surface area contributed by atoms with Gasteiger partial charge in [-0.1, -0.05) is 0 Å². The maximum absolute atomic E-state index is 12.7. The van der Waals surface area contributed by atoms with Crippen LogP contribution in [0.2, 0.25) is 0 Å². The second-order valence-electron chi connectivity index (χ2n) is 6.98. The zero-order chi connectivity index (χ0) is 20.2. The fraction of sp³-hybridized carbons (Fsp3) is 0.800. The first-order valence-corrected chi connectivity index (χ1v) is 9.90. The van der Waals surface area contributed by atoms with Crippen molar-refractivity contribution in [2.45, 2.75) is 64.6 Å². The quantitative estimate of drug-likeness (QED) is 0.704.